The van der Waals surface area contributed by atoms with Crippen molar-refractivity contribution in [2.45, 2.75) is 20.3 Å². The molecular weight excluding hydrogens is 360 g/mol. The molecule has 0 saturated carbocycles. The Labute approximate surface area is 161 Å². The van der Waals surface area contributed by atoms with Gasteiger partial charge in [0.25, 0.3) is 0 Å². The van der Waals surface area contributed by atoms with Gasteiger partial charge < -0.3 is 19.7 Å². The summed E-state index contributed by atoms with van der Waals surface area (Å²) in [5.41, 5.74) is 2.46. The van der Waals surface area contributed by atoms with Gasteiger partial charge in [0.15, 0.2) is 0 Å². The van der Waals surface area contributed by atoms with Crippen LogP contribution in [-0.2, 0) is 9.53 Å². The number of nitrogens with zero attached hydrogens (tertiary/aromatic N) is 1. The van der Waals surface area contributed by atoms with E-state index < -0.39 is 11.9 Å². The number of carbonyl (C=O) groups is 3. The highest BCUT2D eigenvalue weighted by Gasteiger charge is 2.16. The predicted octanol–water partition coefficient (Wildman–Crippen LogP) is 3.85. The second kappa shape index (κ2) is 7.96. The van der Waals surface area contributed by atoms with Crippen LogP contribution in [0, 0.1) is 0 Å². The van der Waals surface area contributed by atoms with Crippen molar-refractivity contribution >= 4 is 34.4 Å². The Bertz CT molecular complexity index is 1050. The molecule has 0 fully saturated rings. The Hall–Kier alpha value is -3.61. The molecule has 0 spiro atoms. The maximum Gasteiger partial charge on any atom is 0.338 e. The smallest absolute Gasteiger partial charge is 0.338 e. The van der Waals surface area contributed by atoms with E-state index in [1.165, 1.54) is 6.20 Å². The van der Waals surface area contributed by atoms with Gasteiger partial charge in [-0.25, -0.2) is 9.59 Å². The van der Waals surface area contributed by atoms with Crippen LogP contribution in [0.3, 0.4) is 0 Å². The lowest BCUT2D eigenvalue weighted by Crippen LogP contribution is -2.09. The molecule has 7 heteroatoms. The number of nitrogens with one attached hydrogen (secondary N) is 1. The molecule has 0 saturated heterocycles. The summed E-state index contributed by atoms with van der Waals surface area (Å²) in [7, 11) is 0. The Morgan fingerprint density at radius 1 is 1.07 bits per heavy atom. The standard InChI is InChI=1S/C21H20N2O5/c1-3-19(24)22-14-7-10-18-16(11-14)17(20(25)26)12-23(18)15-8-5-13(6-9-15)21(27)28-4-2/h5-12H,3-4H2,1-2H3,(H,22,24)(H,25,26). The number of carboxylic acid groups (broad SMARTS) is 1. The van der Waals surface area contributed by atoms with Gasteiger partial charge in [0, 0.05) is 29.4 Å². The third-order valence-corrected chi connectivity index (χ3v) is 4.30. The van der Waals surface area contributed by atoms with E-state index in [0.29, 0.717) is 40.9 Å². The van der Waals surface area contributed by atoms with Crippen LogP contribution in [0.15, 0.2) is 48.7 Å². The van der Waals surface area contributed by atoms with Gasteiger partial charge in [-0.1, -0.05) is 6.92 Å². The van der Waals surface area contributed by atoms with Crippen molar-refractivity contribution in [3.8, 4) is 5.69 Å². The highest BCUT2D eigenvalue weighted by molar-refractivity contribution is 6.06. The Kier molecular flexibility index (Phi) is 5.44. The van der Waals surface area contributed by atoms with Crippen molar-refractivity contribution in [1.29, 1.82) is 0 Å². The van der Waals surface area contributed by atoms with Crippen molar-refractivity contribution in [2.24, 2.45) is 0 Å². The number of aromatic nitrogens is 1. The van der Waals surface area contributed by atoms with Crippen LogP contribution in [0.4, 0.5) is 5.69 Å². The fourth-order valence-electron chi connectivity index (χ4n) is 2.91. The van der Waals surface area contributed by atoms with Crippen molar-refractivity contribution in [1.82, 2.24) is 4.57 Å². The van der Waals surface area contributed by atoms with E-state index in [9.17, 15) is 19.5 Å². The highest BCUT2D eigenvalue weighted by atomic mass is 16.5. The second-order valence-corrected chi connectivity index (χ2v) is 6.12. The first-order chi connectivity index (χ1) is 13.4. The number of benzene rings is 2. The number of aromatic carboxylic acids is 1. The number of carbonyl (C=O) groups excluding carboxylic acids is 2. The van der Waals surface area contributed by atoms with Gasteiger partial charge in [-0.15, -0.1) is 0 Å². The minimum Gasteiger partial charge on any atom is -0.478 e. The van der Waals surface area contributed by atoms with E-state index in [2.05, 4.69) is 5.32 Å². The first-order valence-corrected chi connectivity index (χ1v) is 8.90. The van der Waals surface area contributed by atoms with Crippen LogP contribution < -0.4 is 5.32 Å². The van der Waals surface area contributed by atoms with Crippen molar-refractivity contribution in [3.05, 3.63) is 59.8 Å². The molecule has 0 aliphatic heterocycles. The lowest BCUT2D eigenvalue weighted by atomic mass is 10.1. The molecule has 144 valence electrons. The number of esters is 1. The highest BCUT2D eigenvalue weighted by Crippen LogP contribution is 2.28. The number of hydrogen-bond donors (Lipinski definition) is 2. The van der Waals surface area contributed by atoms with Crippen molar-refractivity contribution in [2.75, 3.05) is 11.9 Å². The fraction of sp³-hybridized carbons (Fsp3) is 0.190. The number of carboxylic acids is 1. The zero-order chi connectivity index (χ0) is 20.3. The molecule has 0 radical (unpaired) electrons. The van der Waals surface area contributed by atoms with Gasteiger partial charge >= 0.3 is 11.9 Å². The predicted molar refractivity (Wildman–Crippen MR) is 105 cm³/mol. The average molecular weight is 380 g/mol. The zero-order valence-electron chi connectivity index (χ0n) is 15.6. The summed E-state index contributed by atoms with van der Waals surface area (Å²) in [5, 5.41) is 12.8. The van der Waals surface area contributed by atoms with E-state index in [1.54, 1.807) is 60.9 Å². The van der Waals surface area contributed by atoms with Gasteiger partial charge in [-0.2, -0.15) is 0 Å². The number of ether oxygens (including phenoxy) is 1. The molecule has 0 aliphatic rings. The Morgan fingerprint density at radius 2 is 1.79 bits per heavy atom. The molecule has 0 bridgehead atoms. The van der Waals surface area contributed by atoms with E-state index in [4.69, 9.17) is 4.74 Å². The molecule has 3 rings (SSSR count). The monoisotopic (exact) mass is 380 g/mol. The third-order valence-electron chi connectivity index (χ3n) is 4.30. The average Bonchev–Trinajstić information content (AvgIpc) is 3.07. The zero-order valence-corrected chi connectivity index (χ0v) is 15.6. The molecule has 1 aromatic heterocycles. The first kappa shape index (κ1) is 19.2. The van der Waals surface area contributed by atoms with Gasteiger partial charge in [0.05, 0.1) is 23.3 Å². The second-order valence-electron chi connectivity index (χ2n) is 6.12. The van der Waals surface area contributed by atoms with Gasteiger partial charge in [0.1, 0.15) is 0 Å². The van der Waals surface area contributed by atoms with Crippen LogP contribution in [-0.4, -0.2) is 34.1 Å². The van der Waals surface area contributed by atoms with Gasteiger partial charge in [0.2, 0.25) is 5.91 Å². The summed E-state index contributed by atoms with van der Waals surface area (Å²) in [4.78, 5) is 35.1. The maximum absolute atomic E-state index is 11.8. The molecule has 0 aliphatic carbocycles. The maximum atomic E-state index is 11.8. The minimum absolute atomic E-state index is 0.122. The summed E-state index contributed by atoms with van der Waals surface area (Å²) in [5.74, 6) is -1.62. The normalized spacial score (nSPS) is 10.6. The fourth-order valence-corrected chi connectivity index (χ4v) is 2.91. The van der Waals surface area contributed by atoms with Crippen LogP contribution in [0.5, 0.6) is 0 Å². The van der Waals surface area contributed by atoms with E-state index in [1.807, 2.05) is 0 Å². The van der Waals surface area contributed by atoms with E-state index in [-0.39, 0.29) is 11.5 Å². The summed E-state index contributed by atoms with van der Waals surface area (Å²) >= 11 is 0. The molecule has 3 aromatic rings. The number of amides is 1. The van der Waals surface area contributed by atoms with Crippen LogP contribution in [0.25, 0.3) is 16.6 Å². The van der Waals surface area contributed by atoms with Crippen molar-refractivity contribution in [3.63, 3.8) is 0 Å². The molecule has 7 nitrogen and oxygen atoms in total. The molecule has 28 heavy (non-hydrogen) atoms. The molecule has 2 aromatic carbocycles. The molecular formula is C21H20N2O5. The lowest BCUT2D eigenvalue weighted by Gasteiger charge is -2.08. The van der Waals surface area contributed by atoms with Crippen LogP contribution in [0.2, 0.25) is 0 Å². The topological polar surface area (TPSA) is 97.6 Å². The number of hydrogen-bond acceptors (Lipinski definition) is 4. The van der Waals surface area contributed by atoms with E-state index >= 15 is 0 Å². The molecule has 0 atom stereocenters. The molecule has 2 N–H and O–H groups in total. The SMILES string of the molecule is CCOC(=O)c1ccc(-n2cc(C(=O)O)c3cc(NC(=O)CC)ccc32)cc1. The molecule has 1 amide bonds. The summed E-state index contributed by atoms with van der Waals surface area (Å²) in [6, 6.07) is 11.9. The molecule has 0 unspecified atom stereocenters. The summed E-state index contributed by atoms with van der Waals surface area (Å²) in [6.45, 7) is 3.78. The van der Waals surface area contributed by atoms with Crippen LogP contribution in [0.1, 0.15) is 41.0 Å². The lowest BCUT2D eigenvalue weighted by molar-refractivity contribution is -0.115. The first-order valence-electron chi connectivity index (χ1n) is 8.90. The number of fused-ring (bicyclic) bond motifs is 1. The van der Waals surface area contributed by atoms with Crippen LogP contribution >= 0.6 is 0 Å². The summed E-state index contributed by atoms with van der Waals surface area (Å²) < 4.78 is 6.71. The number of anilines is 1. The largest absolute Gasteiger partial charge is 0.478 e. The minimum atomic E-state index is -1.06. The Morgan fingerprint density at radius 3 is 2.39 bits per heavy atom. The quantitative estimate of drug-likeness (QED) is 0.633. The molecule has 1 heterocycles. The third kappa shape index (κ3) is 3.73. The van der Waals surface area contributed by atoms with Gasteiger partial charge in [-0.05, 0) is 49.4 Å². The summed E-state index contributed by atoms with van der Waals surface area (Å²) in [6.07, 6.45) is 1.86. The Balaban J connectivity index is 2.05. The van der Waals surface area contributed by atoms with E-state index in [0.717, 1.165) is 0 Å². The number of rotatable bonds is 6. The van der Waals surface area contributed by atoms with Gasteiger partial charge in [-0.3, -0.25) is 4.79 Å². The van der Waals surface area contributed by atoms with Crippen molar-refractivity contribution < 1.29 is 24.2 Å².